The molecule has 1 saturated heterocycles. The van der Waals surface area contributed by atoms with E-state index < -0.39 is 0 Å². The van der Waals surface area contributed by atoms with E-state index in [0.29, 0.717) is 6.04 Å². The maximum atomic E-state index is 5.70. The molecule has 1 aromatic heterocycles. The summed E-state index contributed by atoms with van der Waals surface area (Å²) in [6, 6.07) is 2.19. The van der Waals surface area contributed by atoms with Crippen molar-refractivity contribution in [3.63, 3.8) is 0 Å². The molecular weight excluding hydrogens is 284 g/mol. The van der Waals surface area contributed by atoms with Crippen molar-refractivity contribution in [2.45, 2.75) is 12.1 Å². The Kier molecular flexibility index (Phi) is 4.22. The quantitative estimate of drug-likeness (QED) is 0.639. The average Bonchev–Trinajstić information content (AvgIpc) is 2.71. The Bertz CT molecular complexity index is 370. The largest absolute Gasteiger partial charge is 0.466 e. The van der Waals surface area contributed by atoms with Crippen molar-refractivity contribution in [1.29, 1.82) is 0 Å². The molecule has 3 N–H and O–H groups in total. The Hall–Kier alpha value is -0.400. The molecule has 0 spiro atoms. The van der Waals surface area contributed by atoms with Gasteiger partial charge in [-0.15, -0.1) is 0 Å². The van der Waals surface area contributed by atoms with E-state index in [1.54, 1.807) is 6.26 Å². The molecule has 2 atom stereocenters. The SMILES string of the molecule is CN1CCN(C)C(C(NN)c2occc2Br)C1. The van der Waals surface area contributed by atoms with Crippen molar-refractivity contribution in [2.24, 2.45) is 5.84 Å². The van der Waals surface area contributed by atoms with Crippen LogP contribution in [0.3, 0.4) is 0 Å². The molecule has 0 amide bonds. The third kappa shape index (κ3) is 2.71. The molecule has 1 aliphatic rings. The monoisotopic (exact) mass is 302 g/mol. The van der Waals surface area contributed by atoms with Gasteiger partial charge in [-0.2, -0.15) is 0 Å². The second-order valence-corrected chi connectivity index (χ2v) is 5.44. The first-order valence-corrected chi connectivity index (χ1v) is 6.50. The number of nitrogens with zero attached hydrogens (tertiary/aromatic N) is 2. The highest BCUT2D eigenvalue weighted by Crippen LogP contribution is 2.29. The van der Waals surface area contributed by atoms with Crippen LogP contribution in [0, 0.1) is 0 Å². The molecule has 0 radical (unpaired) electrons. The van der Waals surface area contributed by atoms with Crippen LogP contribution in [0.15, 0.2) is 21.2 Å². The Morgan fingerprint density at radius 1 is 1.53 bits per heavy atom. The van der Waals surface area contributed by atoms with E-state index in [1.165, 1.54) is 0 Å². The zero-order valence-corrected chi connectivity index (χ0v) is 11.8. The predicted molar refractivity (Wildman–Crippen MR) is 70.4 cm³/mol. The van der Waals surface area contributed by atoms with Crippen LogP contribution in [0.25, 0.3) is 0 Å². The van der Waals surface area contributed by atoms with Crippen molar-refractivity contribution in [3.8, 4) is 0 Å². The molecule has 2 unspecified atom stereocenters. The summed E-state index contributed by atoms with van der Waals surface area (Å²) < 4.78 is 6.48. The highest BCUT2D eigenvalue weighted by Gasteiger charge is 2.32. The van der Waals surface area contributed by atoms with Gasteiger partial charge in [0, 0.05) is 25.7 Å². The third-order valence-corrected chi connectivity index (χ3v) is 4.05. The van der Waals surface area contributed by atoms with E-state index >= 15 is 0 Å². The van der Waals surface area contributed by atoms with E-state index in [9.17, 15) is 0 Å². The zero-order valence-electron chi connectivity index (χ0n) is 10.2. The summed E-state index contributed by atoms with van der Waals surface area (Å²) in [5, 5.41) is 0. The second-order valence-electron chi connectivity index (χ2n) is 4.59. The minimum atomic E-state index is -0.00729. The molecule has 1 aliphatic heterocycles. The molecule has 0 aliphatic carbocycles. The molecule has 6 heteroatoms. The smallest absolute Gasteiger partial charge is 0.137 e. The Morgan fingerprint density at radius 2 is 2.29 bits per heavy atom. The molecule has 0 bridgehead atoms. The molecule has 17 heavy (non-hydrogen) atoms. The number of likely N-dealkylation sites (N-methyl/N-ethyl adjacent to an activating group) is 2. The van der Waals surface area contributed by atoms with Crippen molar-refractivity contribution >= 4 is 15.9 Å². The van der Waals surface area contributed by atoms with Crippen LogP contribution >= 0.6 is 15.9 Å². The van der Waals surface area contributed by atoms with Crippen LogP contribution in [0.2, 0.25) is 0 Å². The molecule has 1 aromatic rings. The minimum Gasteiger partial charge on any atom is -0.466 e. The van der Waals surface area contributed by atoms with Crippen molar-refractivity contribution in [2.75, 3.05) is 33.7 Å². The van der Waals surface area contributed by atoms with Gasteiger partial charge in [0.05, 0.1) is 16.8 Å². The lowest BCUT2D eigenvalue weighted by atomic mass is 10.0. The van der Waals surface area contributed by atoms with Gasteiger partial charge in [-0.3, -0.25) is 10.7 Å². The van der Waals surface area contributed by atoms with Gasteiger partial charge in [-0.1, -0.05) is 0 Å². The first-order valence-electron chi connectivity index (χ1n) is 5.71. The number of nitrogens with two attached hydrogens (primary N) is 1. The van der Waals surface area contributed by atoms with Gasteiger partial charge in [-0.25, -0.2) is 5.43 Å². The van der Waals surface area contributed by atoms with Crippen molar-refractivity contribution in [1.82, 2.24) is 15.2 Å². The fraction of sp³-hybridized carbons (Fsp3) is 0.636. The molecular formula is C11H19BrN4O. The summed E-state index contributed by atoms with van der Waals surface area (Å²) in [4.78, 5) is 4.63. The molecule has 96 valence electrons. The molecule has 0 saturated carbocycles. The topological polar surface area (TPSA) is 57.7 Å². The standard InChI is InChI=1S/C11H19BrN4O/c1-15-4-5-16(2)9(7-15)10(14-13)11-8(12)3-6-17-11/h3,6,9-10,14H,4-5,7,13H2,1-2H3. The van der Waals surface area contributed by atoms with E-state index in [2.05, 4.69) is 45.3 Å². The zero-order chi connectivity index (χ0) is 12.4. The van der Waals surface area contributed by atoms with Gasteiger partial charge >= 0.3 is 0 Å². The number of hydrogen-bond donors (Lipinski definition) is 2. The fourth-order valence-corrected chi connectivity index (χ4v) is 2.74. The number of rotatable bonds is 3. The maximum absolute atomic E-state index is 5.70. The average molecular weight is 303 g/mol. The van der Waals surface area contributed by atoms with Crippen LogP contribution in [-0.2, 0) is 0 Å². The minimum absolute atomic E-state index is 0.00729. The highest BCUT2D eigenvalue weighted by atomic mass is 79.9. The van der Waals surface area contributed by atoms with E-state index in [-0.39, 0.29) is 6.04 Å². The summed E-state index contributed by atoms with van der Waals surface area (Å²) in [5.41, 5.74) is 2.87. The molecule has 2 rings (SSSR count). The molecule has 0 aromatic carbocycles. The number of piperazine rings is 1. The number of halogens is 1. The first-order chi connectivity index (χ1) is 8.13. The number of furan rings is 1. The van der Waals surface area contributed by atoms with Gasteiger partial charge < -0.3 is 9.32 Å². The number of nitrogens with one attached hydrogen (secondary N) is 1. The first kappa shape index (κ1) is 13.0. The normalized spacial score (nSPS) is 25.1. The van der Waals surface area contributed by atoms with Gasteiger partial charge in [0.1, 0.15) is 5.76 Å². The summed E-state index contributed by atoms with van der Waals surface area (Å²) in [6.45, 7) is 3.10. The lowest BCUT2D eigenvalue weighted by molar-refractivity contribution is 0.0813. The van der Waals surface area contributed by atoms with Crippen molar-refractivity contribution < 1.29 is 4.42 Å². The van der Waals surface area contributed by atoms with Gasteiger partial charge in [0.15, 0.2) is 0 Å². The summed E-state index contributed by atoms with van der Waals surface area (Å²) >= 11 is 3.49. The van der Waals surface area contributed by atoms with E-state index in [4.69, 9.17) is 10.3 Å². The van der Waals surface area contributed by atoms with Crippen LogP contribution in [0.5, 0.6) is 0 Å². The van der Waals surface area contributed by atoms with E-state index in [0.717, 1.165) is 29.9 Å². The van der Waals surface area contributed by atoms with Crippen molar-refractivity contribution in [3.05, 3.63) is 22.6 Å². The predicted octanol–water partition coefficient (Wildman–Crippen LogP) is 0.792. The molecule has 2 heterocycles. The Labute approximate surface area is 110 Å². The Morgan fingerprint density at radius 3 is 2.88 bits per heavy atom. The lowest BCUT2D eigenvalue weighted by Crippen LogP contribution is -2.56. The summed E-state index contributed by atoms with van der Waals surface area (Å²) in [7, 11) is 4.25. The molecule has 1 fully saturated rings. The molecule has 5 nitrogen and oxygen atoms in total. The third-order valence-electron chi connectivity index (χ3n) is 3.39. The van der Waals surface area contributed by atoms with Gasteiger partial charge in [0.25, 0.3) is 0 Å². The number of hydrogen-bond acceptors (Lipinski definition) is 5. The summed E-state index contributed by atoms with van der Waals surface area (Å²) in [5.74, 6) is 6.56. The maximum Gasteiger partial charge on any atom is 0.137 e. The van der Waals surface area contributed by atoms with Crippen LogP contribution < -0.4 is 11.3 Å². The highest BCUT2D eigenvalue weighted by molar-refractivity contribution is 9.10. The fourth-order valence-electron chi connectivity index (χ4n) is 2.29. The second kappa shape index (κ2) is 5.49. The summed E-state index contributed by atoms with van der Waals surface area (Å²) in [6.07, 6.45) is 1.68. The van der Waals surface area contributed by atoms with Gasteiger partial charge in [-0.05, 0) is 36.1 Å². The lowest BCUT2D eigenvalue weighted by Gasteiger charge is -2.41. The van der Waals surface area contributed by atoms with Crippen LogP contribution in [-0.4, -0.2) is 49.6 Å². The van der Waals surface area contributed by atoms with Crippen LogP contribution in [0.4, 0.5) is 0 Å². The van der Waals surface area contributed by atoms with Crippen LogP contribution in [0.1, 0.15) is 11.8 Å². The van der Waals surface area contributed by atoms with E-state index in [1.807, 2.05) is 6.07 Å². The Balaban J connectivity index is 2.20. The number of hydrazine groups is 1. The van der Waals surface area contributed by atoms with Gasteiger partial charge in [0.2, 0.25) is 0 Å².